The molecular weight excluding hydrogens is 178 g/mol. The molecule has 3 N–H and O–H groups in total. The molecule has 0 spiro atoms. The van der Waals surface area contributed by atoms with Crippen molar-refractivity contribution in [2.75, 3.05) is 13.2 Å². The lowest BCUT2D eigenvalue weighted by molar-refractivity contribution is -0.0132. The molecule has 2 atom stereocenters. The van der Waals surface area contributed by atoms with Crippen LogP contribution in [0.3, 0.4) is 0 Å². The van der Waals surface area contributed by atoms with Crippen molar-refractivity contribution in [1.82, 2.24) is 0 Å². The van der Waals surface area contributed by atoms with Crippen LogP contribution in [0.2, 0.25) is 0 Å². The molecule has 1 aliphatic rings. The molecule has 0 saturated heterocycles. The van der Waals surface area contributed by atoms with Gasteiger partial charge in [-0.15, -0.1) is 0 Å². The van der Waals surface area contributed by atoms with Gasteiger partial charge in [0.25, 0.3) is 0 Å². The molecule has 1 rings (SSSR count). The second-order valence-corrected chi connectivity index (χ2v) is 4.90. The summed E-state index contributed by atoms with van der Waals surface area (Å²) in [7, 11) is 0. The van der Waals surface area contributed by atoms with Crippen molar-refractivity contribution in [3.63, 3.8) is 0 Å². The lowest BCUT2D eigenvalue weighted by atomic mass is 10.1. The van der Waals surface area contributed by atoms with Crippen LogP contribution in [0.1, 0.15) is 39.5 Å². The predicted molar refractivity (Wildman–Crippen MR) is 57.1 cm³/mol. The van der Waals surface area contributed by atoms with Gasteiger partial charge in [0.15, 0.2) is 0 Å². The summed E-state index contributed by atoms with van der Waals surface area (Å²) >= 11 is 0. The molecule has 0 bridgehead atoms. The van der Waals surface area contributed by atoms with Crippen LogP contribution >= 0.6 is 0 Å². The first-order chi connectivity index (χ1) is 6.53. The molecule has 0 radical (unpaired) electrons. The molecule has 3 nitrogen and oxygen atoms in total. The smallest absolute Gasteiger partial charge is 0.0615 e. The molecule has 1 aliphatic carbocycles. The molecule has 0 aliphatic heterocycles. The predicted octanol–water partition coefficient (Wildman–Crippen LogP) is 1.29. The summed E-state index contributed by atoms with van der Waals surface area (Å²) in [5.74, 6) is 0.539. The lowest BCUT2D eigenvalue weighted by Gasteiger charge is -2.22. The fourth-order valence-corrected chi connectivity index (χ4v) is 1.95. The Morgan fingerprint density at radius 2 is 2.14 bits per heavy atom. The molecule has 0 aromatic carbocycles. The van der Waals surface area contributed by atoms with E-state index in [0.29, 0.717) is 25.0 Å². The SMILES string of the molecule is CC(C)(O)CCOC1CCCC1CN. The molecule has 2 unspecified atom stereocenters. The van der Waals surface area contributed by atoms with Crippen molar-refractivity contribution >= 4 is 0 Å². The fraction of sp³-hybridized carbons (Fsp3) is 1.00. The van der Waals surface area contributed by atoms with E-state index in [1.165, 1.54) is 12.8 Å². The van der Waals surface area contributed by atoms with Crippen LogP contribution < -0.4 is 5.73 Å². The normalized spacial score (nSPS) is 28.3. The minimum atomic E-state index is -0.614. The Balaban J connectivity index is 2.18. The van der Waals surface area contributed by atoms with E-state index in [-0.39, 0.29) is 0 Å². The van der Waals surface area contributed by atoms with E-state index in [1.54, 1.807) is 0 Å². The van der Waals surface area contributed by atoms with Crippen molar-refractivity contribution < 1.29 is 9.84 Å². The Morgan fingerprint density at radius 1 is 1.43 bits per heavy atom. The summed E-state index contributed by atoms with van der Waals surface area (Å²) in [5.41, 5.74) is 5.04. The molecule has 0 aromatic rings. The summed E-state index contributed by atoms with van der Waals surface area (Å²) in [6, 6.07) is 0. The minimum absolute atomic E-state index is 0.336. The lowest BCUT2D eigenvalue weighted by Crippen LogP contribution is -2.28. The minimum Gasteiger partial charge on any atom is -0.390 e. The van der Waals surface area contributed by atoms with E-state index in [2.05, 4.69) is 0 Å². The van der Waals surface area contributed by atoms with Crippen molar-refractivity contribution in [1.29, 1.82) is 0 Å². The van der Waals surface area contributed by atoms with Crippen LogP contribution in [0.5, 0.6) is 0 Å². The summed E-state index contributed by atoms with van der Waals surface area (Å²) < 4.78 is 5.74. The highest BCUT2D eigenvalue weighted by Gasteiger charge is 2.27. The third-order valence-corrected chi connectivity index (χ3v) is 2.94. The van der Waals surface area contributed by atoms with Crippen molar-refractivity contribution in [2.24, 2.45) is 11.7 Å². The Kier molecular flexibility index (Phi) is 4.35. The number of hydrogen-bond acceptors (Lipinski definition) is 3. The highest BCUT2D eigenvalue weighted by atomic mass is 16.5. The molecule has 1 fully saturated rings. The monoisotopic (exact) mass is 201 g/mol. The Bertz CT molecular complexity index is 165. The molecule has 0 heterocycles. The Labute approximate surface area is 86.6 Å². The van der Waals surface area contributed by atoms with Crippen LogP contribution in [0, 0.1) is 5.92 Å². The summed E-state index contributed by atoms with van der Waals surface area (Å²) in [4.78, 5) is 0. The first kappa shape index (κ1) is 12.0. The second-order valence-electron chi connectivity index (χ2n) is 4.90. The van der Waals surface area contributed by atoms with E-state index in [9.17, 15) is 5.11 Å². The van der Waals surface area contributed by atoms with E-state index < -0.39 is 5.60 Å². The van der Waals surface area contributed by atoms with Gasteiger partial charge in [-0.05, 0) is 45.6 Å². The van der Waals surface area contributed by atoms with Gasteiger partial charge in [-0.25, -0.2) is 0 Å². The number of aliphatic hydroxyl groups is 1. The van der Waals surface area contributed by atoms with Crippen LogP contribution in [-0.4, -0.2) is 30.0 Å². The molecular formula is C11H23NO2. The van der Waals surface area contributed by atoms with Gasteiger partial charge in [0.05, 0.1) is 11.7 Å². The van der Waals surface area contributed by atoms with Crippen LogP contribution in [0.15, 0.2) is 0 Å². The second kappa shape index (κ2) is 5.10. The van der Waals surface area contributed by atoms with Gasteiger partial charge in [0.1, 0.15) is 0 Å². The molecule has 14 heavy (non-hydrogen) atoms. The van der Waals surface area contributed by atoms with Gasteiger partial charge in [0.2, 0.25) is 0 Å². The van der Waals surface area contributed by atoms with Crippen molar-refractivity contribution in [2.45, 2.75) is 51.2 Å². The van der Waals surface area contributed by atoms with E-state index in [0.717, 1.165) is 13.0 Å². The Hall–Kier alpha value is -0.120. The molecule has 0 amide bonds. The summed E-state index contributed by atoms with van der Waals surface area (Å²) in [6.07, 6.45) is 4.59. The van der Waals surface area contributed by atoms with Crippen molar-refractivity contribution in [3.8, 4) is 0 Å². The molecule has 3 heteroatoms. The maximum Gasteiger partial charge on any atom is 0.0615 e. The van der Waals surface area contributed by atoms with Gasteiger partial charge in [-0.2, -0.15) is 0 Å². The zero-order chi connectivity index (χ0) is 10.6. The van der Waals surface area contributed by atoms with Gasteiger partial charge in [0, 0.05) is 6.61 Å². The standard InChI is InChI=1S/C11H23NO2/c1-11(2,13)6-7-14-10-5-3-4-9(10)8-12/h9-10,13H,3-8,12H2,1-2H3. The molecule has 0 aromatic heterocycles. The maximum absolute atomic E-state index is 9.51. The molecule has 84 valence electrons. The number of ether oxygens (including phenoxy) is 1. The highest BCUT2D eigenvalue weighted by Crippen LogP contribution is 2.27. The van der Waals surface area contributed by atoms with Crippen LogP contribution in [0.4, 0.5) is 0 Å². The third kappa shape index (κ3) is 3.95. The topological polar surface area (TPSA) is 55.5 Å². The van der Waals surface area contributed by atoms with Gasteiger partial charge >= 0.3 is 0 Å². The van der Waals surface area contributed by atoms with E-state index in [1.807, 2.05) is 13.8 Å². The van der Waals surface area contributed by atoms with E-state index in [4.69, 9.17) is 10.5 Å². The molecule has 1 saturated carbocycles. The quantitative estimate of drug-likeness (QED) is 0.704. The highest BCUT2D eigenvalue weighted by molar-refractivity contribution is 4.79. The fourth-order valence-electron chi connectivity index (χ4n) is 1.95. The first-order valence-corrected chi connectivity index (χ1v) is 5.57. The maximum atomic E-state index is 9.51. The first-order valence-electron chi connectivity index (χ1n) is 5.57. The number of hydrogen-bond donors (Lipinski definition) is 2. The van der Waals surface area contributed by atoms with E-state index >= 15 is 0 Å². The average Bonchev–Trinajstić information content (AvgIpc) is 2.49. The van der Waals surface area contributed by atoms with Crippen LogP contribution in [-0.2, 0) is 4.74 Å². The average molecular weight is 201 g/mol. The number of rotatable bonds is 5. The zero-order valence-corrected chi connectivity index (χ0v) is 9.33. The zero-order valence-electron chi connectivity index (χ0n) is 9.33. The van der Waals surface area contributed by atoms with Crippen LogP contribution in [0.25, 0.3) is 0 Å². The third-order valence-electron chi connectivity index (χ3n) is 2.94. The van der Waals surface area contributed by atoms with Crippen molar-refractivity contribution in [3.05, 3.63) is 0 Å². The number of nitrogens with two attached hydrogens (primary N) is 1. The van der Waals surface area contributed by atoms with Gasteiger partial charge in [-0.1, -0.05) is 6.42 Å². The largest absolute Gasteiger partial charge is 0.390 e. The Morgan fingerprint density at radius 3 is 2.71 bits per heavy atom. The summed E-state index contributed by atoms with van der Waals surface area (Å²) in [5, 5.41) is 9.51. The summed E-state index contributed by atoms with van der Waals surface area (Å²) in [6.45, 7) is 4.99. The van der Waals surface area contributed by atoms with Gasteiger partial charge < -0.3 is 15.6 Å². The van der Waals surface area contributed by atoms with Gasteiger partial charge in [-0.3, -0.25) is 0 Å².